The molecule has 0 radical (unpaired) electrons. The van der Waals surface area contributed by atoms with Crippen LogP contribution in [0.2, 0.25) is 0 Å². The van der Waals surface area contributed by atoms with Crippen molar-refractivity contribution in [1.82, 2.24) is 9.97 Å². The Hall–Kier alpha value is -3.28. The maximum Gasteiger partial charge on any atom is 0.329 e. The average molecular weight is 478 g/mol. The van der Waals surface area contributed by atoms with Crippen LogP contribution in [0.4, 0.5) is 0 Å². The summed E-state index contributed by atoms with van der Waals surface area (Å²) in [6, 6.07) is 7.91. The van der Waals surface area contributed by atoms with Gasteiger partial charge >= 0.3 is 5.97 Å². The number of aromatic nitrogens is 2. The molecule has 0 unspecified atom stereocenters. The Morgan fingerprint density at radius 1 is 1.26 bits per heavy atom. The van der Waals surface area contributed by atoms with Gasteiger partial charge in [-0.1, -0.05) is 32.1 Å². The number of rotatable bonds is 8. The van der Waals surface area contributed by atoms with Crippen LogP contribution in [-0.2, 0) is 26.3 Å². The lowest BCUT2D eigenvalue weighted by Gasteiger charge is -2.38. The summed E-state index contributed by atoms with van der Waals surface area (Å²) in [5.41, 5.74) is 3.69. The molecule has 35 heavy (non-hydrogen) atoms. The molecule has 1 aromatic carbocycles. The normalized spacial score (nSPS) is 18.9. The minimum atomic E-state index is -1.01. The molecule has 2 heterocycles. The van der Waals surface area contributed by atoms with Gasteiger partial charge in [-0.3, -0.25) is 4.79 Å². The van der Waals surface area contributed by atoms with E-state index in [-0.39, 0.29) is 35.7 Å². The van der Waals surface area contributed by atoms with Gasteiger partial charge in [-0.25, -0.2) is 9.78 Å². The van der Waals surface area contributed by atoms with E-state index in [0.717, 1.165) is 36.0 Å². The van der Waals surface area contributed by atoms with Gasteiger partial charge in [-0.2, -0.15) is 5.26 Å². The lowest BCUT2D eigenvalue weighted by Crippen LogP contribution is -2.38. The van der Waals surface area contributed by atoms with Crippen molar-refractivity contribution in [3.8, 4) is 6.07 Å². The number of ketones is 1. The SMILES string of the molecule is CC1(C)CC=C(c2cc(C3(OCC(=O)O)CCOCC3)ccc2CC(=O)c2ncc(C#N)[nH]2)CC1. The first-order chi connectivity index (χ1) is 16.7. The van der Waals surface area contributed by atoms with E-state index in [4.69, 9.17) is 14.7 Å². The third kappa shape index (κ3) is 5.69. The molecule has 0 bridgehead atoms. The van der Waals surface area contributed by atoms with Gasteiger partial charge in [-0.15, -0.1) is 0 Å². The maximum absolute atomic E-state index is 13.0. The van der Waals surface area contributed by atoms with E-state index in [1.54, 1.807) is 0 Å². The van der Waals surface area contributed by atoms with Crippen LogP contribution in [0.1, 0.15) is 79.0 Å². The van der Waals surface area contributed by atoms with Crippen molar-refractivity contribution in [2.75, 3.05) is 19.8 Å². The molecule has 1 fully saturated rings. The molecule has 2 aliphatic rings. The van der Waals surface area contributed by atoms with Crippen molar-refractivity contribution in [3.05, 3.63) is 58.7 Å². The molecule has 2 aromatic rings. The highest BCUT2D eigenvalue weighted by atomic mass is 16.5. The Morgan fingerprint density at radius 3 is 2.66 bits per heavy atom. The smallest absolute Gasteiger partial charge is 0.329 e. The molecule has 0 saturated carbocycles. The second-order valence-electron chi connectivity index (χ2n) is 10.1. The summed E-state index contributed by atoms with van der Waals surface area (Å²) in [4.78, 5) is 31.1. The fourth-order valence-electron chi connectivity index (χ4n) is 4.83. The van der Waals surface area contributed by atoms with Crippen molar-refractivity contribution >= 4 is 17.3 Å². The average Bonchev–Trinajstić information content (AvgIpc) is 3.33. The number of carboxylic acid groups (broad SMARTS) is 1. The van der Waals surface area contributed by atoms with Crippen LogP contribution in [0.5, 0.6) is 0 Å². The number of H-pyrrole nitrogens is 1. The zero-order valence-electron chi connectivity index (χ0n) is 20.2. The largest absolute Gasteiger partial charge is 0.480 e. The number of Topliss-reactive ketones (excluding diaryl/α,β-unsaturated/α-hetero) is 1. The maximum atomic E-state index is 13.0. The van der Waals surface area contributed by atoms with Gasteiger partial charge in [-0.05, 0) is 53.0 Å². The van der Waals surface area contributed by atoms with Crippen LogP contribution < -0.4 is 0 Å². The Kier molecular flexibility index (Phi) is 7.20. The molecular formula is C27H31N3O5. The number of ether oxygens (including phenoxy) is 2. The zero-order chi connectivity index (χ0) is 25.1. The van der Waals surface area contributed by atoms with Crippen molar-refractivity contribution < 1.29 is 24.2 Å². The van der Waals surface area contributed by atoms with E-state index >= 15 is 0 Å². The monoisotopic (exact) mass is 477 g/mol. The van der Waals surface area contributed by atoms with Crippen LogP contribution in [0.15, 0.2) is 30.5 Å². The number of hydrogen-bond donors (Lipinski definition) is 2. The van der Waals surface area contributed by atoms with Crippen molar-refractivity contribution in [3.63, 3.8) is 0 Å². The number of carbonyl (C=O) groups is 2. The molecule has 0 atom stereocenters. The van der Waals surface area contributed by atoms with Crippen LogP contribution in [-0.4, -0.2) is 46.6 Å². The number of hydrogen-bond acceptors (Lipinski definition) is 6. The Bertz CT molecular complexity index is 1180. The first-order valence-electron chi connectivity index (χ1n) is 12.0. The lowest BCUT2D eigenvalue weighted by molar-refractivity contribution is -0.159. The highest BCUT2D eigenvalue weighted by Crippen LogP contribution is 2.42. The molecule has 8 heteroatoms. The van der Waals surface area contributed by atoms with Crippen LogP contribution in [0.3, 0.4) is 0 Å². The predicted octanol–water partition coefficient (Wildman–Crippen LogP) is 4.41. The minimum Gasteiger partial charge on any atom is -0.480 e. The summed E-state index contributed by atoms with van der Waals surface area (Å²) in [5.74, 6) is -1.04. The molecule has 8 nitrogen and oxygen atoms in total. The Morgan fingerprint density at radius 2 is 2.03 bits per heavy atom. The molecule has 1 aromatic heterocycles. The number of allylic oxidation sites excluding steroid dienone is 2. The number of nitriles is 1. The predicted molar refractivity (Wildman–Crippen MR) is 129 cm³/mol. The van der Waals surface area contributed by atoms with E-state index in [1.807, 2.05) is 18.2 Å². The Balaban J connectivity index is 1.72. The number of carbonyl (C=O) groups excluding carboxylic acids is 1. The first kappa shape index (κ1) is 24.8. The lowest BCUT2D eigenvalue weighted by atomic mass is 9.75. The molecular weight excluding hydrogens is 446 g/mol. The van der Waals surface area contributed by atoms with E-state index in [9.17, 15) is 14.7 Å². The van der Waals surface area contributed by atoms with Gasteiger partial charge in [0.05, 0.1) is 11.8 Å². The summed E-state index contributed by atoms with van der Waals surface area (Å²) >= 11 is 0. The molecule has 0 amide bonds. The van der Waals surface area contributed by atoms with Gasteiger partial charge in [0.15, 0.2) is 5.82 Å². The number of carboxylic acids is 1. The molecule has 1 aliphatic heterocycles. The number of nitrogens with zero attached hydrogens (tertiary/aromatic N) is 2. The summed E-state index contributed by atoms with van der Waals surface area (Å²) in [6.45, 7) is 5.10. The molecule has 2 N–H and O–H groups in total. The summed E-state index contributed by atoms with van der Waals surface area (Å²) < 4.78 is 11.5. The highest BCUT2D eigenvalue weighted by Gasteiger charge is 2.37. The van der Waals surface area contributed by atoms with Crippen molar-refractivity contribution in [2.45, 2.75) is 58.0 Å². The van der Waals surface area contributed by atoms with Gasteiger partial charge in [0, 0.05) is 32.5 Å². The summed E-state index contributed by atoms with van der Waals surface area (Å²) in [6.07, 6.45) is 7.75. The Labute approximate surface area is 205 Å². The quantitative estimate of drug-likeness (QED) is 0.540. The van der Waals surface area contributed by atoms with Gasteiger partial charge in [0.25, 0.3) is 0 Å². The minimum absolute atomic E-state index is 0.140. The van der Waals surface area contributed by atoms with E-state index in [1.165, 1.54) is 11.8 Å². The van der Waals surface area contributed by atoms with Crippen LogP contribution in [0.25, 0.3) is 5.57 Å². The zero-order valence-corrected chi connectivity index (χ0v) is 20.2. The van der Waals surface area contributed by atoms with E-state index < -0.39 is 11.6 Å². The van der Waals surface area contributed by atoms with Gasteiger partial charge in [0.1, 0.15) is 18.4 Å². The highest BCUT2D eigenvalue weighted by molar-refractivity contribution is 5.95. The molecule has 184 valence electrons. The fourth-order valence-corrected chi connectivity index (χ4v) is 4.83. The standard InChI is InChI=1S/C27H31N3O5/c1-26(2)7-5-18(6-8-26)22-14-20(27(35-17-24(32)33)9-11-34-12-10-27)4-3-19(22)13-23(31)25-29-16-21(15-28)30-25/h3-5,14,16H,6-13,17H2,1-2H3,(H,29,30)(H,32,33). The number of aromatic amines is 1. The van der Waals surface area contributed by atoms with Crippen LogP contribution >= 0.6 is 0 Å². The second-order valence-corrected chi connectivity index (χ2v) is 10.1. The van der Waals surface area contributed by atoms with Gasteiger partial charge in [0.2, 0.25) is 5.78 Å². The van der Waals surface area contributed by atoms with Crippen molar-refractivity contribution in [1.29, 1.82) is 5.26 Å². The van der Waals surface area contributed by atoms with Crippen LogP contribution in [0, 0.1) is 16.7 Å². The van der Waals surface area contributed by atoms with Gasteiger partial charge < -0.3 is 19.6 Å². The summed E-state index contributed by atoms with van der Waals surface area (Å²) in [7, 11) is 0. The third-order valence-corrected chi connectivity index (χ3v) is 7.04. The first-order valence-corrected chi connectivity index (χ1v) is 12.0. The number of nitrogens with one attached hydrogen (secondary N) is 1. The molecule has 4 rings (SSSR count). The second kappa shape index (κ2) is 10.1. The molecule has 1 saturated heterocycles. The topological polar surface area (TPSA) is 125 Å². The molecule has 0 spiro atoms. The number of aliphatic carboxylic acids is 1. The van der Waals surface area contributed by atoms with Crippen molar-refractivity contribution in [2.24, 2.45) is 5.41 Å². The molecule has 1 aliphatic carbocycles. The van der Waals surface area contributed by atoms with E-state index in [0.29, 0.717) is 26.1 Å². The fraction of sp³-hybridized carbons (Fsp3) is 0.481. The number of imidazole rings is 1. The number of benzene rings is 1. The summed E-state index contributed by atoms with van der Waals surface area (Å²) in [5, 5.41) is 18.3. The third-order valence-electron chi connectivity index (χ3n) is 7.04. The van der Waals surface area contributed by atoms with E-state index in [2.05, 4.69) is 36.0 Å².